The van der Waals surface area contributed by atoms with E-state index in [1.54, 1.807) is 24.3 Å². The normalized spacial score (nSPS) is 10.4. The summed E-state index contributed by atoms with van der Waals surface area (Å²) in [4.78, 5) is 12.1. The lowest BCUT2D eigenvalue weighted by atomic mass is 10.0. The highest BCUT2D eigenvalue weighted by molar-refractivity contribution is 5.97. The molecule has 110 valence electrons. The summed E-state index contributed by atoms with van der Waals surface area (Å²) in [5, 5.41) is 0. The first kappa shape index (κ1) is 15.2. The lowest BCUT2D eigenvalue weighted by molar-refractivity contribution is 0.0993. The molecule has 0 amide bonds. The third kappa shape index (κ3) is 4.71. The molecule has 0 spiro atoms. The molecule has 0 bridgehead atoms. The van der Waals surface area contributed by atoms with E-state index >= 15 is 0 Å². The molecule has 0 fully saturated rings. The van der Waals surface area contributed by atoms with Gasteiger partial charge in [0.15, 0.2) is 5.78 Å². The highest BCUT2D eigenvalue weighted by atomic mass is 19.1. The number of ketones is 1. The summed E-state index contributed by atoms with van der Waals surface area (Å²) in [6, 6.07) is 13.2. The van der Waals surface area contributed by atoms with Gasteiger partial charge in [-0.2, -0.15) is 0 Å². The smallest absolute Gasteiger partial charge is 0.167 e. The van der Waals surface area contributed by atoms with Gasteiger partial charge in [0.1, 0.15) is 11.6 Å². The predicted molar refractivity (Wildman–Crippen MR) is 81.3 cm³/mol. The second-order valence-electron chi connectivity index (χ2n) is 4.95. The molecule has 21 heavy (non-hydrogen) atoms. The Morgan fingerprint density at radius 3 is 2.33 bits per heavy atom. The summed E-state index contributed by atoms with van der Waals surface area (Å²) in [5.74, 6) is 0.503. The van der Waals surface area contributed by atoms with Crippen molar-refractivity contribution in [2.75, 3.05) is 6.61 Å². The average Bonchev–Trinajstić information content (AvgIpc) is 2.50. The molecule has 2 aromatic rings. The molecule has 3 heteroatoms. The minimum Gasteiger partial charge on any atom is -0.494 e. The molecule has 0 radical (unpaired) electrons. The summed E-state index contributed by atoms with van der Waals surface area (Å²) in [7, 11) is 0. The fourth-order valence-electron chi connectivity index (χ4n) is 1.96. The minimum atomic E-state index is -0.292. The van der Waals surface area contributed by atoms with E-state index in [2.05, 4.69) is 6.92 Å². The number of rotatable bonds is 7. The van der Waals surface area contributed by atoms with Crippen LogP contribution in [-0.2, 0) is 6.42 Å². The van der Waals surface area contributed by atoms with Gasteiger partial charge in [0, 0.05) is 12.0 Å². The Bertz CT molecular complexity index is 573. The van der Waals surface area contributed by atoms with E-state index in [1.165, 1.54) is 12.1 Å². The lowest BCUT2D eigenvalue weighted by Gasteiger charge is -2.06. The van der Waals surface area contributed by atoms with Gasteiger partial charge in [0.25, 0.3) is 0 Å². The summed E-state index contributed by atoms with van der Waals surface area (Å²) in [6.45, 7) is 2.81. The van der Waals surface area contributed by atoms with Gasteiger partial charge < -0.3 is 4.74 Å². The lowest BCUT2D eigenvalue weighted by Crippen LogP contribution is -2.04. The molecule has 0 aliphatic heterocycles. The van der Waals surface area contributed by atoms with Crippen molar-refractivity contribution in [2.24, 2.45) is 0 Å². The Balaban J connectivity index is 1.94. The molecular formula is C18H19FO2. The van der Waals surface area contributed by atoms with Gasteiger partial charge in [-0.25, -0.2) is 4.39 Å². The zero-order valence-electron chi connectivity index (χ0n) is 12.1. The maximum Gasteiger partial charge on any atom is 0.167 e. The standard InChI is InChI=1S/C18H19FO2/c1-2-3-12-21-17-10-6-15(7-11-17)18(20)13-14-4-8-16(19)9-5-14/h4-11H,2-3,12-13H2,1H3. The van der Waals surface area contributed by atoms with Gasteiger partial charge in [0.05, 0.1) is 6.61 Å². The van der Waals surface area contributed by atoms with Crippen LogP contribution < -0.4 is 4.74 Å². The molecule has 0 aromatic heterocycles. The Kier molecular flexibility index (Phi) is 5.50. The Labute approximate surface area is 124 Å². The van der Waals surface area contributed by atoms with Gasteiger partial charge in [-0.3, -0.25) is 4.79 Å². The summed E-state index contributed by atoms with van der Waals surface area (Å²) in [5.41, 5.74) is 1.45. The molecule has 0 saturated carbocycles. The van der Waals surface area contributed by atoms with E-state index in [-0.39, 0.29) is 18.0 Å². The second-order valence-corrected chi connectivity index (χ2v) is 4.95. The van der Waals surface area contributed by atoms with E-state index in [0.717, 1.165) is 24.2 Å². The second kappa shape index (κ2) is 7.58. The van der Waals surface area contributed by atoms with Gasteiger partial charge >= 0.3 is 0 Å². The maximum absolute atomic E-state index is 12.8. The Morgan fingerprint density at radius 1 is 1.05 bits per heavy atom. The number of hydrogen-bond acceptors (Lipinski definition) is 2. The van der Waals surface area contributed by atoms with Crippen LogP contribution in [0.15, 0.2) is 48.5 Å². The third-order valence-electron chi connectivity index (χ3n) is 3.22. The highest BCUT2D eigenvalue weighted by Crippen LogP contribution is 2.15. The first-order valence-electron chi connectivity index (χ1n) is 7.19. The van der Waals surface area contributed by atoms with Crippen molar-refractivity contribution in [1.82, 2.24) is 0 Å². The number of Topliss-reactive ketones (excluding diaryl/α,β-unsaturated/α-hetero) is 1. The molecule has 0 N–H and O–H groups in total. The number of carbonyl (C=O) groups excluding carboxylic acids is 1. The van der Waals surface area contributed by atoms with Crippen LogP contribution in [0.2, 0.25) is 0 Å². The first-order valence-corrected chi connectivity index (χ1v) is 7.19. The number of halogens is 1. The number of benzene rings is 2. The monoisotopic (exact) mass is 286 g/mol. The summed E-state index contributed by atoms with van der Waals surface area (Å²) in [6.07, 6.45) is 2.38. The fourth-order valence-corrected chi connectivity index (χ4v) is 1.96. The fraction of sp³-hybridized carbons (Fsp3) is 0.278. The molecule has 2 aromatic carbocycles. The summed E-state index contributed by atoms with van der Waals surface area (Å²) >= 11 is 0. The van der Waals surface area contributed by atoms with Crippen LogP contribution in [0.4, 0.5) is 4.39 Å². The quantitative estimate of drug-likeness (QED) is 0.556. The third-order valence-corrected chi connectivity index (χ3v) is 3.22. The Hall–Kier alpha value is -2.16. The van der Waals surface area contributed by atoms with Crippen molar-refractivity contribution in [2.45, 2.75) is 26.2 Å². The van der Waals surface area contributed by atoms with E-state index in [4.69, 9.17) is 4.74 Å². The molecule has 2 rings (SSSR count). The molecule has 0 saturated heterocycles. The van der Waals surface area contributed by atoms with Crippen molar-refractivity contribution in [3.8, 4) is 5.75 Å². The minimum absolute atomic E-state index is 0.0155. The molecule has 0 unspecified atom stereocenters. The first-order chi connectivity index (χ1) is 10.2. The number of ether oxygens (including phenoxy) is 1. The maximum atomic E-state index is 12.8. The zero-order chi connectivity index (χ0) is 15.1. The molecule has 0 atom stereocenters. The van der Waals surface area contributed by atoms with Gasteiger partial charge in [-0.15, -0.1) is 0 Å². The largest absolute Gasteiger partial charge is 0.494 e. The van der Waals surface area contributed by atoms with Crippen molar-refractivity contribution in [3.05, 3.63) is 65.5 Å². The molecule has 0 aliphatic carbocycles. The van der Waals surface area contributed by atoms with Crippen molar-refractivity contribution < 1.29 is 13.9 Å². The van der Waals surface area contributed by atoms with E-state index < -0.39 is 0 Å². The predicted octanol–water partition coefficient (Wildman–Crippen LogP) is 4.43. The topological polar surface area (TPSA) is 26.3 Å². The van der Waals surface area contributed by atoms with Crippen LogP contribution in [-0.4, -0.2) is 12.4 Å². The van der Waals surface area contributed by atoms with Crippen LogP contribution in [0.1, 0.15) is 35.7 Å². The van der Waals surface area contributed by atoms with Crippen LogP contribution >= 0.6 is 0 Å². The molecule has 2 nitrogen and oxygen atoms in total. The summed E-state index contributed by atoms with van der Waals surface area (Å²) < 4.78 is 18.4. The number of unbranched alkanes of at least 4 members (excludes halogenated alkanes) is 1. The highest BCUT2D eigenvalue weighted by Gasteiger charge is 2.07. The van der Waals surface area contributed by atoms with E-state index in [1.807, 2.05) is 12.1 Å². The van der Waals surface area contributed by atoms with Gasteiger partial charge in [-0.1, -0.05) is 25.5 Å². The average molecular weight is 286 g/mol. The molecule has 0 aliphatic rings. The SMILES string of the molecule is CCCCOc1ccc(C(=O)Cc2ccc(F)cc2)cc1. The van der Waals surface area contributed by atoms with Crippen molar-refractivity contribution in [1.29, 1.82) is 0 Å². The van der Waals surface area contributed by atoms with E-state index in [0.29, 0.717) is 12.2 Å². The van der Waals surface area contributed by atoms with Crippen LogP contribution in [0.25, 0.3) is 0 Å². The molecular weight excluding hydrogens is 267 g/mol. The van der Waals surface area contributed by atoms with Crippen LogP contribution in [0.3, 0.4) is 0 Å². The van der Waals surface area contributed by atoms with E-state index in [9.17, 15) is 9.18 Å². The van der Waals surface area contributed by atoms with Crippen LogP contribution in [0, 0.1) is 5.82 Å². The number of carbonyl (C=O) groups is 1. The van der Waals surface area contributed by atoms with Crippen molar-refractivity contribution >= 4 is 5.78 Å². The molecule has 0 heterocycles. The Morgan fingerprint density at radius 2 is 1.71 bits per heavy atom. The van der Waals surface area contributed by atoms with Crippen molar-refractivity contribution in [3.63, 3.8) is 0 Å². The number of hydrogen-bond donors (Lipinski definition) is 0. The van der Waals surface area contributed by atoms with Gasteiger partial charge in [0.2, 0.25) is 0 Å². The van der Waals surface area contributed by atoms with Crippen LogP contribution in [0.5, 0.6) is 5.75 Å². The zero-order valence-corrected chi connectivity index (χ0v) is 12.1. The van der Waals surface area contributed by atoms with Gasteiger partial charge in [-0.05, 0) is 48.4 Å².